The van der Waals surface area contributed by atoms with Gasteiger partial charge in [-0.25, -0.2) is 4.99 Å². The second-order valence-electron chi connectivity index (χ2n) is 8.14. The quantitative estimate of drug-likeness (QED) is 0.367. The summed E-state index contributed by atoms with van der Waals surface area (Å²) in [5.41, 5.74) is 2.22. The molecule has 6 heteroatoms. The predicted octanol–water partition coefficient (Wildman–Crippen LogP) is 4.97. The van der Waals surface area contributed by atoms with Crippen LogP contribution in [-0.4, -0.2) is 51.0 Å². The highest BCUT2D eigenvalue weighted by molar-refractivity contribution is 5.97. The van der Waals surface area contributed by atoms with Gasteiger partial charge in [0.2, 0.25) is 5.91 Å². The first-order valence-corrected chi connectivity index (χ1v) is 11.7. The minimum Gasteiger partial charge on any atom is -0.497 e. The zero-order chi connectivity index (χ0) is 23.5. The average molecular weight is 450 g/mol. The Hall–Kier alpha value is -3.28. The molecule has 3 rings (SSSR count). The van der Waals surface area contributed by atoms with Crippen LogP contribution in [0.15, 0.2) is 47.6 Å². The lowest BCUT2D eigenvalue weighted by Gasteiger charge is -2.18. The second kappa shape index (κ2) is 12.7. The van der Waals surface area contributed by atoms with E-state index in [2.05, 4.69) is 28.2 Å². The number of aryl methyl sites for hydroxylation is 1. The lowest BCUT2D eigenvalue weighted by Crippen LogP contribution is -2.26. The number of carbonyl (C=O) groups excluding carboxylic acids is 1. The summed E-state index contributed by atoms with van der Waals surface area (Å²) in [5, 5.41) is 5.16. The fraction of sp³-hybridized carbons (Fsp3) is 0.407. The van der Waals surface area contributed by atoms with E-state index in [9.17, 15) is 4.79 Å². The van der Waals surface area contributed by atoms with Crippen LogP contribution in [0.2, 0.25) is 0 Å². The van der Waals surface area contributed by atoms with Crippen molar-refractivity contribution in [3.8, 4) is 11.5 Å². The topological polar surface area (TPSA) is 63.2 Å². The number of hydrogen-bond acceptors (Lipinski definition) is 5. The first-order chi connectivity index (χ1) is 16.2. The number of hydrogen-bond donors (Lipinski definition) is 1. The van der Waals surface area contributed by atoms with E-state index >= 15 is 0 Å². The van der Waals surface area contributed by atoms with Gasteiger partial charge in [-0.3, -0.25) is 4.79 Å². The van der Waals surface area contributed by atoms with Gasteiger partial charge < -0.3 is 19.7 Å². The molecule has 6 nitrogen and oxygen atoms in total. The number of fused-ring (bicyclic) bond motifs is 1. The summed E-state index contributed by atoms with van der Waals surface area (Å²) in [5.74, 6) is 1.53. The largest absolute Gasteiger partial charge is 0.497 e. The smallest absolute Gasteiger partial charge is 0.243 e. The zero-order valence-electron chi connectivity index (χ0n) is 20.0. The number of amides is 1. The fourth-order valence-corrected chi connectivity index (χ4v) is 3.97. The van der Waals surface area contributed by atoms with E-state index < -0.39 is 0 Å². The highest BCUT2D eigenvalue weighted by Gasteiger charge is 2.13. The molecule has 176 valence electrons. The molecule has 0 fully saturated rings. The Morgan fingerprint density at radius 2 is 2.03 bits per heavy atom. The van der Waals surface area contributed by atoms with E-state index in [-0.39, 0.29) is 5.91 Å². The molecule has 0 aromatic heterocycles. The molecule has 0 atom stereocenters. The van der Waals surface area contributed by atoms with Crippen LogP contribution < -0.4 is 14.8 Å². The van der Waals surface area contributed by atoms with Crippen LogP contribution in [0.3, 0.4) is 0 Å². The summed E-state index contributed by atoms with van der Waals surface area (Å²) in [6.07, 6.45) is 14.3. The predicted molar refractivity (Wildman–Crippen MR) is 136 cm³/mol. The molecule has 2 aromatic carbocycles. The molecule has 33 heavy (non-hydrogen) atoms. The Labute approximate surface area is 197 Å². The van der Waals surface area contributed by atoms with Crippen LogP contribution in [0.5, 0.6) is 11.5 Å². The highest BCUT2D eigenvalue weighted by Crippen LogP contribution is 2.35. The Morgan fingerprint density at radius 3 is 2.76 bits per heavy atom. The van der Waals surface area contributed by atoms with Crippen LogP contribution in [0, 0.1) is 0 Å². The van der Waals surface area contributed by atoms with Crippen LogP contribution in [-0.2, 0) is 11.2 Å². The van der Waals surface area contributed by atoms with Crippen molar-refractivity contribution in [2.24, 2.45) is 4.99 Å². The number of rotatable bonds is 12. The average Bonchev–Trinajstić information content (AvgIpc) is 2.86. The van der Waals surface area contributed by atoms with Crippen LogP contribution >= 0.6 is 0 Å². The number of nitrogens with one attached hydrogen (secondary N) is 1. The molecule has 2 aromatic rings. The summed E-state index contributed by atoms with van der Waals surface area (Å²) in [4.78, 5) is 18.7. The maximum Gasteiger partial charge on any atom is 0.243 e. The summed E-state index contributed by atoms with van der Waals surface area (Å²) in [7, 11) is 3.35. The molecule has 0 aliphatic carbocycles. The molecule has 1 aliphatic rings. The van der Waals surface area contributed by atoms with Gasteiger partial charge >= 0.3 is 0 Å². The summed E-state index contributed by atoms with van der Waals surface area (Å²) in [6, 6.07) is 8.07. The van der Waals surface area contributed by atoms with Crippen LogP contribution in [0.1, 0.15) is 43.7 Å². The van der Waals surface area contributed by atoms with Gasteiger partial charge in [0.25, 0.3) is 0 Å². The third-order valence-corrected chi connectivity index (χ3v) is 5.80. The molecule has 0 spiro atoms. The number of unbranched alkanes of at least 4 members (excludes halogenated alkanes) is 2. The molecule has 1 N–H and O–H groups in total. The van der Waals surface area contributed by atoms with Gasteiger partial charge in [-0.2, -0.15) is 0 Å². The van der Waals surface area contributed by atoms with Gasteiger partial charge in [0.05, 0.1) is 20.6 Å². The minimum atomic E-state index is -0.0800. The molecule has 0 saturated heterocycles. The van der Waals surface area contributed by atoms with Crippen molar-refractivity contribution < 1.29 is 14.3 Å². The number of methoxy groups -OCH3 is 2. The van der Waals surface area contributed by atoms with E-state index in [0.29, 0.717) is 6.54 Å². The van der Waals surface area contributed by atoms with Gasteiger partial charge in [0, 0.05) is 37.3 Å². The van der Waals surface area contributed by atoms with E-state index in [4.69, 9.17) is 9.47 Å². The molecule has 0 radical (unpaired) electrons. The van der Waals surface area contributed by atoms with Crippen LogP contribution in [0.25, 0.3) is 16.8 Å². The number of benzene rings is 2. The monoisotopic (exact) mass is 449 g/mol. The van der Waals surface area contributed by atoms with Gasteiger partial charge in [-0.05, 0) is 78.6 Å². The maximum absolute atomic E-state index is 12.4. The summed E-state index contributed by atoms with van der Waals surface area (Å²) < 4.78 is 11.1. The Bertz CT molecular complexity index is 1030. The maximum atomic E-state index is 12.4. The highest BCUT2D eigenvalue weighted by atomic mass is 16.5. The van der Waals surface area contributed by atoms with Gasteiger partial charge in [-0.1, -0.05) is 13.3 Å². The first kappa shape index (κ1) is 24.4. The normalized spacial score (nSPS) is 13.1. The number of nitrogens with zero attached hydrogens (tertiary/aromatic N) is 2. The van der Waals surface area contributed by atoms with Gasteiger partial charge in [0.15, 0.2) is 0 Å². The van der Waals surface area contributed by atoms with Gasteiger partial charge in [0.1, 0.15) is 11.5 Å². The van der Waals surface area contributed by atoms with Crippen molar-refractivity contribution in [1.82, 2.24) is 10.2 Å². The standard InChI is InChI=1S/C27H35N3O3/c1-4-5-9-23-21(18-26(33-3)24-12-11-22(32-2)19-25(23)24)10-13-27(31)29-15-6-7-16-30-17-8-14-28-20-30/h8,10-14,18-20H,4-7,9,15-17H2,1-3H3,(H,29,31)/b13-10+. The molecule has 1 heterocycles. The molecular formula is C27H35N3O3. The lowest BCUT2D eigenvalue weighted by atomic mass is 9.93. The van der Waals surface area contributed by atoms with E-state index in [1.807, 2.05) is 42.9 Å². The molecule has 0 saturated carbocycles. The third kappa shape index (κ3) is 6.85. The molecule has 0 unspecified atom stereocenters. The fourth-order valence-electron chi connectivity index (χ4n) is 3.97. The van der Waals surface area contributed by atoms with Crippen molar-refractivity contribution in [1.29, 1.82) is 0 Å². The summed E-state index contributed by atoms with van der Waals surface area (Å²) in [6.45, 7) is 4.69. The first-order valence-electron chi connectivity index (χ1n) is 11.7. The molecular weight excluding hydrogens is 414 g/mol. The van der Waals surface area contributed by atoms with Crippen molar-refractivity contribution in [3.63, 3.8) is 0 Å². The number of ether oxygens (including phenoxy) is 2. The number of aliphatic imine (C=N–C) groups is 1. The van der Waals surface area contributed by atoms with Crippen molar-refractivity contribution in [2.45, 2.75) is 39.0 Å². The Kier molecular flexibility index (Phi) is 9.36. The van der Waals surface area contributed by atoms with Gasteiger partial charge in [-0.15, -0.1) is 0 Å². The van der Waals surface area contributed by atoms with E-state index in [1.165, 1.54) is 5.56 Å². The molecule has 1 amide bonds. The van der Waals surface area contributed by atoms with Crippen molar-refractivity contribution >= 4 is 29.1 Å². The molecule has 1 aliphatic heterocycles. The SMILES string of the molecule is CCCCc1c(/C=C/C(=O)NCCCCN2C=NC=CC2)cc(OC)c2ccc(OC)cc12. The van der Waals surface area contributed by atoms with Crippen molar-refractivity contribution in [3.05, 3.63) is 53.7 Å². The third-order valence-electron chi connectivity index (χ3n) is 5.80. The van der Waals surface area contributed by atoms with Crippen molar-refractivity contribution in [2.75, 3.05) is 33.9 Å². The Balaban J connectivity index is 1.67. The lowest BCUT2D eigenvalue weighted by molar-refractivity contribution is -0.116. The zero-order valence-corrected chi connectivity index (χ0v) is 20.0. The van der Waals surface area contributed by atoms with E-state index in [1.54, 1.807) is 20.3 Å². The number of carbonyl (C=O) groups is 1. The van der Waals surface area contributed by atoms with Crippen LogP contribution in [0.4, 0.5) is 0 Å². The Morgan fingerprint density at radius 1 is 1.15 bits per heavy atom. The second-order valence-corrected chi connectivity index (χ2v) is 8.14. The summed E-state index contributed by atoms with van der Waals surface area (Å²) >= 11 is 0. The van der Waals surface area contributed by atoms with E-state index in [0.717, 1.165) is 73.0 Å². The molecule has 0 bridgehead atoms. The minimum absolute atomic E-state index is 0.0800.